The third kappa shape index (κ3) is 5.74. The van der Waals surface area contributed by atoms with Gasteiger partial charge in [0.2, 0.25) is 15.9 Å². The molecule has 2 heterocycles. The van der Waals surface area contributed by atoms with E-state index in [0.717, 1.165) is 31.5 Å². The highest BCUT2D eigenvalue weighted by Crippen LogP contribution is 2.30. The van der Waals surface area contributed by atoms with Gasteiger partial charge in [0.15, 0.2) is 0 Å². The molecule has 1 aromatic heterocycles. The fraction of sp³-hybridized carbons (Fsp3) is 0.429. The molecule has 1 saturated heterocycles. The lowest BCUT2D eigenvalue weighted by Crippen LogP contribution is -2.35. The second-order valence-corrected chi connectivity index (χ2v) is 9.39. The second-order valence-electron chi connectivity index (χ2n) is 7.46. The summed E-state index contributed by atoms with van der Waals surface area (Å²) in [6, 6.07) is 5.70. The van der Waals surface area contributed by atoms with E-state index in [-0.39, 0.29) is 22.9 Å². The number of sulfonamides is 1. The summed E-state index contributed by atoms with van der Waals surface area (Å²) >= 11 is 0. The van der Waals surface area contributed by atoms with Crippen molar-refractivity contribution in [3.8, 4) is 5.75 Å². The molecular formula is C21H24F3N3O5S. The lowest BCUT2D eigenvalue weighted by Gasteiger charge is -2.26. The molecule has 3 rings (SSSR count). The molecule has 0 atom stereocenters. The Balaban J connectivity index is 1.87. The number of anilines is 1. The Labute approximate surface area is 189 Å². The molecule has 33 heavy (non-hydrogen) atoms. The first-order valence-corrected chi connectivity index (χ1v) is 11.8. The number of alkyl halides is 3. The first-order chi connectivity index (χ1) is 15.5. The summed E-state index contributed by atoms with van der Waals surface area (Å²) in [7, 11) is -3.79. The number of hydrogen-bond donors (Lipinski definition) is 1. The number of benzene rings is 1. The van der Waals surface area contributed by atoms with E-state index >= 15 is 0 Å². The summed E-state index contributed by atoms with van der Waals surface area (Å²) in [5.41, 5.74) is -2.70. The van der Waals surface area contributed by atoms with Crippen LogP contribution in [0.1, 0.15) is 31.7 Å². The molecule has 0 bridgehead atoms. The molecule has 1 N–H and O–H groups in total. The SMILES string of the molecule is CCOc1ccc(S(=O)(=O)N2CCCCC2)cc1NC(=O)Cn1cccc(C(F)(F)F)c1=O. The van der Waals surface area contributed by atoms with Crippen LogP contribution in [0, 0.1) is 0 Å². The Morgan fingerprint density at radius 3 is 2.48 bits per heavy atom. The van der Waals surface area contributed by atoms with Crippen LogP contribution in [0.25, 0.3) is 0 Å². The number of pyridine rings is 1. The van der Waals surface area contributed by atoms with Crippen molar-refractivity contribution in [1.29, 1.82) is 0 Å². The maximum atomic E-state index is 13.0. The van der Waals surface area contributed by atoms with Gasteiger partial charge >= 0.3 is 6.18 Å². The predicted octanol–water partition coefficient (Wildman–Crippen LogP) is 3.08. The number of rotatable bonds is 7. The highest BCUT2D eigenvalue weighted by molar-refractivity contribution is 7.89. The average molecular weight is 488 g/mol. The molecule has 0 saturated carbocycles. The summed E-state index contributed by atoms with van der Waals surface area (Å²) < 4.78 is 72.3. The Bertz CT molecular complexity index is 1170. The lowest BCUT2D eigenvalue weighted by atomic mass is 10.2. The number of nitrogens with zero attached hydrogens (tertiary/aromatic N) is 2. The summed E-state index contributed by atoms with van der Waals surface area (Å²) in [6.07, 6.45) is -1.32. The minimum Gasteiger partial charge on any atom is -0.492 e. The number of amides is 1. The summed E-state index contributed by atoms with van der Waals surface area (Å²) in [5, 5.41) is 2.46. The number of carbonyl (C=O) groups excluding carboxylic acids is 1. The van der Waals surface area contributed by atoms with Crippen molar-refractivity contribution in [2.75, 3.05) is 25.0 Å². The zero-order valence-corrected chi connectivity index (χ0v) is 18.7. The second kappa shape index (κ2) is 9.96. The van der Waals surface area contributed by atoms with E-state index in [1.165, 1.54) is 22.5 Å². The van der Waals surface area contributed by atoms with E-state index in [1.807, 2.05) is 0 Å². The highest BCUT2D eigenvalue weighted by atomic mass is 32.2. The minimum atomic E-state index is -4.85. The number of halogens is 3. The van der Waals surface area contributed by atoms with Gasteiger partial charge in [0.1, 0.15) is 17.9 Å². The molecule has 0 unspecified atom stereocenters. The number of carbonyl (C=O) groups is 1. The lowest BCUT2D eigenvalue weighted by molar-refractivity contribution is -0.139. The minimum absolute atomic E-state index is 0.0416. The van der Waals surface area contributed by atoms with Crippen molar-refractivity contribution in [2.45, 2.75) is 43.8 Å². The summed E-state index contributed by atoms with van der Waals surface area (Å²) in [5.74, 6) is -0.621. The average Bonchev–Trinajstić information content (AvgIpc) is 2.76. The Hall–Kier alpha value is -2.86. The smallest absolute Gasteiger partial charge is 0.421 e. The van der Waals surface area contributed by atoms with Gasteiger partial charge in [-0.2, -0.15) is 17.5 Å². The van der Waals surface area contributed by atoms with E-state index in [4.69, 9.17) is 4.74 Å². The zero-order valence-electron chi connectivity index (χ0n) is 17.9. The van der Waals surface area contributed by atoms with Crippen molar-refractivity contribution in [3.05, 3.63) is 52.4 Å². The Morgan fingerprint density at radius 2 is 1.85 bits per heavy atom. The fourth-order valence-corrected chi connectivity index (χ4v) is 5.07. The van der Waals surface area contributed by atoms with Gasteiger partial charge in [-0.15, -0.1) is 0 Å². The molecule has 1 aromatic carbocycles. The number of nitrogens with one attached hydrogen (secondary N) is 1. The monoisotopic (exact) mass is 487 g/mol. The number of piperidine rings is 1. The van der Waals surface area contributed by atoms with Crippen LogP contribution < -0.4 is 15.6 Å². The van der Waals surface area contributed by atoms with E-state index in [2.05, 4.69) is 5.32 Å². The highest BCUT2D eigenvalue weighted by Gasteiger charge is 2.34. The molecule has 1 amide bonds. The molecule has 0 aliphatic carbocycles. The van der Waals surface area contributed by atoms with Gasteiger partial charge in [0, 0.05) is 19.3 Å². The maximum absolute atomic E-state index is 13.0. The standard InChI is InChI=1S/C21H24F3N3O5S/c1-2-32-18-9-8-15(33(30,31)27-11-4-3-5-12-27)13-17(18)25-19(28)14-26-10-6-7-16(20(26)29)21(22,23)24/h6-10,13H,2-5,11-12,14H2,1H3,(H,25,28). The summed E-state index contributed by atoms with van der Waals surface area (Å²) in [6.45, 7) is 2.03. The van der Waals surface area contributed by atoms with Crippen molar-refractivity contribution in [3.63, 3.8) is 0 Å². The number of aromatic nitrogens is 1. The zero-order chi connectivity index (χ0) is 24.2. The quantitative estimate of drug-likeness (QED) is 0.648. The van der Waals surface area contributed by atoms with Gasteiger partial charge in [-0.25, -0.2) is 8.42 Å². The van der Waals surface area contributed by atoms with Crippen LogP contribution in [-0.4, -0.2) is 42.9 Å². The van der Waals surface area contributed by atoms with Gasteiger partial charge in [0.25, 0.3) is 5.56 Å². The third-order valence-electron chi connectivity index (χ3n) is 5.12. The van der Waals surface area contributed by atoms with E-state index < -0.39 is 39.8 Å². The van der Waals surface area contributed by atoms with Gasteiger partial charge in [-0.05, 0) is 50.1 Å². The van der Waals surface area contributed by atoms with Crippen LogP contribution in [0.5, 0.6) is 5.75 Å². The van der Waals surface area contributed by atoms with Crippen LogP contribution in [0.3, 0.4) is 0 Å². The van der Waals surface area contributed by atoms with Crippen LogP contribution in [0.2, 0.25) is 0 Å². The topological polar surface area (TPSA) is 97.7 Å². The Kier molecular flexibility index (Phi) is 7.48. The van der Waals surface area contributed by atoms with E-state index in [9.17, 15) is 31.2 Å². The van der Waals surface area contributed by atoms with Gasteiger partial charge in [-0.1, -0.05) is 6.42 Å². The number of hydrogen-bond acceptors (Lipinski definition) is 5. The molecule has 12 heteroatoms. The third-order valence-corrected chi connectivity index (χ3v) is 7.01. The fourth-order valence-electron chi connectivity index (χ4n) is 3.52. The molecule has 1 fully saturated rings. The summed E-state index contributed by atoms with van der Waals surface area (Å²) in [4.78, 5) is 24.6. The van der Waals surface area contributed by atoms with E-state index in [0.29, 0.717) is 23.7 Å². The maximum Gasteiger partial charge on any atom is 0.421 e. The molecule has 1 aliphatic heterocycles. The molecule has 1 aliphatic rings. The molecule has 0 spiro atoms. The van der Waals surface area contributed by atoms with Crippen molar-refractivity contribution >= 4 is 21.6 Å². The molecule has 2 aromatic rings. The van der Waals surface area contributed by atoms with Crippen LogP contribution in [0.4, 0.5) is 18.9 Å². The first-order valence-electron chi connectivity index (χ1n) is 10.4. The van der Waals surface area contributed by atoms with Crippen LogP contribution in [-0.2, 0) is 27.5 Å². The molecular weight excluding hydrogens is 463 g/mol. The van der Waals surface area contributed by atoms with Crippen molar-refractivity contribution in [1.82, 2.24) is 8.87 Å². The predicted molar refractivity (Wildman–Crippen MR) is 115 cm³/mol. The van der Waals surface area contributed by atoms with Crippen LogP contribution in [0.15, 0.2) is 46.2 Å². The van der Waals surface area contributed by atoms with Gasteiger partial charge in [0.05, 0.1) is 17.2 Å². The Morgan fingerprint density at radius 1 is 1.15 bits per heavy atom. The van der Waals surface area contributed by atoms with Gasteiger partial charge in [-0.3, -0.25) is 9.59 Å². The van der Waals surface area contributed by atoms with E-state index in [1.54, 1.807) is 6.92 Å². The normalized spacial score (nSPS) is 15.3. The molecule has 0 radical (unpaired) electrons. The first kappa shape index (κ1) is 24.8. The van der Waals surface area contributed by atoms with Crippen molar-refractivity contribution in [2.24, 2.45) is 0 Å². The van der Waals surface area contributed by atoms with Gasteiger partial charge < -0.3 is 14.6 Å². The molecule has 180 valence electrons. The van der Waals surface area contributed by atoms with Crippen molar-refractivity contribution < 1.29 is 31.1 Å². The largest absolute Gasteiger partial charge is 0.492 e. The number of ether oxygens (including phenoxy) is 1. The van der Waals surface area contributed by atoms with Crippen LogP contribution >= 0.6 is 0 Å². The molecule has 8 nitrogen and oxygen atoms in total.